The number of nitrogens with zero attached hydrogens (tertiary/aromatic N) is 1. The molecule has 0 saturated heterocycles. The van der Waals surface area contributed by atoms with Crippen LogP contribution in [0.3, 0.4) is 0 Å². The molecule has 0 fully saturated rings. The SMILES string of the molecule is CCC(O)(CC)COc1cccc(C(O)CC#N)c1. The van der Waals surface area contributed by atoms with E-state index in [0.29, 0.717) is 24.2 Å². The predicted octanol–water partition coefficient (Wildman–Crippen LogP) is 2.56. The molecule has 0 spiro atoms. The summed E-state index contributed by atoms with van der Waals surface area (Å²) >= 11 is 0. The summed E-state index contributed by atoms with van der Waals surface area (Å²) in [6, 6.07) is 8.92. The minimum absolute atomic E-state index is 0.0529. The van der Waals surface area contributed by atoms with Crippen molar-refractivity contribution in [3.63, 3.8) is 0 Å². The van der Waals surface area contributed by atoms with Crippen LogP contribution in [0.25, 0.3) is 0 Å². The summed E-state index contributed by atoms with van der Waals surface area (Å²) in [5, 5.41) is 28.4. The van der Waals surface area contributed by atoms with Gasteiger partial charge in [-0.15, -0.1) is 0 Å². The van der Waals surface area contributed by atoms with Gasteiger partial charge in [0.2, 0.25) is 0 Å². The molecular weight excluding hydrogens is 242 g/mol. The summed E-state index contributed by atoms with van der Waals surface area (Å²) < 4.78 is 5.58. The van der Waals surface area contributed by atoms with E-state index in [1.807, 2.05) is 19.9 Å². The van der Waals surface area contributed by atoms with Crippen molar-refractivity contribution in [1.29, 1.82) is 5.26 Å². The Labute approximate surface area is 114 Å². The first-order valence-corrected chi connectivity index (χ1v) is 6.54. The summed E-state index contributed by atoms with van der Waals surface area (Å²) in [7, 11) is 0. The summed E-state index contributed by atoms with van der Waals surface area (Å²) in [4.78, 5) is 0. The lowest BCUT2D eigenvalue weighted by atomic mass is 9.99. The molecular formula is C15H21NO3. The van der Waals surface area contributed by atoms with E-state index in [2.05, 4.69) is 0 Å². The van der Waals surface area contributed by atoms with Crippen LogP contribution in [-0.4, -0.2) is 22.4 Å². The molecule has 2 N–H and O–H groups in total. The highest BCUT2D eigenvalue weighted by Crippen LogP contribution is 2.23. The van der Waals surface area contributed by atoms with Gasteiger partial charge in [-0.3, -0.25) is 0 Å². The molecule has 0 aliphatic rings. The standard InChI is InChI=1S/C15H21NO3/c1-3-15(18,4-2)11-19-13-7-5-6-12(10-13)14(17)8-9-16/h5-7,10,14,17-18H,3-4,8,11H2,1-2H3. The third-order valence-electron chi connectivity index (χ3n) is 3.35. The molecule has 0 heterocycles. The topological polar surface area (TPSA) is 73.5 Å². The van der Waals surface area contributed by atoms with E-state index in [1.165, 1.54) is 0 Å². The number of nitriles is 1. The largest absolute Gasteiger partial charge is 0.491 e. The van der Waals surface area contributed by atoms with Crippen molar-refractivity contribution in [2.24, 2.45) is 0 Å². The van der Waals surface area contributed by atoms with Gasteiger partial charge in [-0.1, -0.05) is 26.0 Å². The van der Waals surface area contributed by atoms with Crippen LogP contribution in [0.2, 0.25) is 0 Å². The molecule has 4 heteroatoms. The minimum atomic E-state index is -0.818. The molecule has 0 aliphatic carbocycles. The zero-order valence-corrected chi connectivity index (χ0v) is 11.5. The lowest BCUT2D eigenvalue weighted by Crippen LogP contribution is -2.34. The van der Waals surface area contributed by atoms with Crippen molar-refractivity contribution in [1.82, 2.24) is 0 Å². The van der Waals surface area contributed by atoms with Gasteiger partial charge in [0.25, 0.3) is 0 Å². The van der Waals surface area contributed by atoms with Gasteiger partial charge >= 0.3 is 0 Å². The second-order valence-electron chi connectivity index (χ2n) is 4.67. The van der Waals surface area contributed by atoms with E-state index >= 15 is 0 Å². The van der Waals surface area contributed by atoms with E-state index in [-0.39, 0.29) is 13.0 Å². The maximum Gasteiger partial charge on any atom is 0.119 e. The highest BCUT2D eigenvalue weighted by atomic mass is 16.5. The third-order valence-corrected chi connectivity index (χ3v) is 3.35. The van der Waals surface area contributed by atoms with Crippen LogP contribution in [0.5, 0.6) is 5.75 Å². The van der Waals surface area contributed by atoms with Gasteiger partial charge in [-0.25, -0.2) is 0 Å². The van der Waals surface area contributed by atoms with Gasteiger partial charge in [0.1, 0.15) is 12.4 Å². The van der Waals surface area contributed by atoms with Crippen molar-refractivity contribution in [3.8, 4) is 11.8 Å². The highest BCUT2D eigenvalue weighted by molar-refractivity contribution is 5.30. The van der Waals surface area contributed by atoms with Crippen LogP contribution in [-0.2, 0) is 0 Å². The monoisotopic (exact) mass is 263 g/mol. The molecule has 4 nitrogen and oxygen atoms in total. The number of benzene rings is 1. The van der Waals surface area contributed by atoms with Crippen molar-refractivity contribution >= 4 is 0 Å². The molecule has 0 aliphatic heterocycles. The Morgan fingerprint density at radius 2 is 2.05 bits per heavy atom. The number of rotatable bonds is 7. The fourth-order valence-electron chi connectivity index (χ4n) is 1.69. The Morgan fingerprint density at radius 3 is 2.63 bits per heavy atom. The number of aliphatic hydroxyl groups is 2. The van der Waals surface area contributed by atoms with E-state index in [0.717, 1.165) is 0 Å². The summed E-state index contributed by atoms with van der Waals surface area (Å²) in [6.45, 7) is 4.05. The van der Waals surface area contributed by atoms with Gasteiger partial charge in [-0.2, -0.15) is 5.26 Å². The van der Waals surface area contributed by atoms with Gasteiger partial charge in [0.05, 0.1) is 24.2 Å². The number of ether oxygens (including phenoxy) is 1. The van der Waals surface area contributed by atoms with Crippen LogP contribution in [0, 0.1) is 11.3 Å². The maximum absolute atomic E-state index is 10.1. The predicted molar refractivity (Wildman–Crippen MR) is 72.7 cm³/mol. The molecule has 1 aromatic carbocycles. The fourth-order valence-corrected chi connectivity index (χ4v) is 1.69. The van der Waals surface area contributed by atoms with Crippen molar-refractivity contribution in [3.05, 3.63) is 29.8 Å². The first-order chi connectivity index (χ1) is 9.04. The highest BCUT2D eigenvalue weighted by Gasteiger charge is 2.23. The van der Waals surface area contributed by atoms with Crippen LogP contribution >= 0.6 is 0 Å². The van der Waals surface area contributed by atoms with Gasteiger partial charge in [-0.05, 0) is 30.5 Å². The van der Waals surface area contributed by atoms with Crippen LogP contribution in [0.4, 0.5) is 0 Å². The van der Waals surface area contributed by atoms with E-state index in [9.17, 15) is 10.2 Å². The Hall–Kier alpha value is -1.57. The second-order valence-corrected chi connectivity index (χ2v) is 4.67. The zero-order valence-electron chi connectivity index (χ0n) is 11.5. The average Bonchev–Trinajstić information content (AvgIpc) is 2.45. The van der Waals surface area contributed by atoms with E-state index in [4.69, 9.17) is 10.00 Å². The molecule has 104 valence electrons. The molecule has 1 aromatic rings. The zero-order chi connectivity index (χ0) is 14.3. The normalized spacial score (nSPS) is 12.8. The number of hydrogen-bond donors (Lipinski definition) is 2. The molecule has 1 unspecified atom stereocenters. The molecule has 0 radical (unpaired) electrons. The molecule has 1 rings (SSSR count). The number of aliphatic hydroxyl groups excluding tert-OH is 1. The quantitative estimate of drug-likeness (QED) is 0.793. The Balaban J connectivity index is 2.70. The van der Waals surface area contributed by atoms with Crippen LogP contribution in [0.1, 0.15) is 44.8 Å². The third kappa shape index (κ3) is 4.55. The van der Waals surface area contributed by atoms with Crippen molar-refractivity contribution in [2.75, 3.05) is 6.61 Å². The Kier molecular flexibility index (Phi) is 5.81. The number of hydrogen-bond acceptors (Lipinski definition) is 4. The Morgan fingerprint density at radius 1 is 1.37 bits per heavy atom. The molecule has 0 amide bonds. The maximum atomic E-state index is 10.1. The van der Waals surface area contributed by atoms with Crippen LogP contribution < -0.4 is 4.74 Å². The van der Waals surface area contributed by atoms with E-state index < -0.39 is 11.7 Å². The van der Waals surface area contributed by atoms with Crippen LogP contribution in [0.15, 0.2) is 24.3 Å². The molecule has 1 atom stereocenters. The van der Waals surface area contributed by atoms with Crippen molar-refractivity contribution in [2.45, 2.75) is 44.8 Å². The first kappa shape index (κ1) is 15.5. The molecule has 0 saturated carbocycles. The summed E-state index contributed by atoms with van der Waals surface area (Å²) in [5.41, 5.74) is -0.169. The first-order valence-electron chi connectivity index (χ1n) is 6.54. The average molecular weight is 263 g/mol. The lowest BCUT2D eigenvalue weighted by molar-refractivity contribution is -0.0114. The summed E-state index contributed by atoms with van der Waals surface area (Å²) in [5.74, 6) is 0.592. The lowest BCUT2D eigenvalue weighted by Gasteiger charge is -2.25. The smallest absolute Gasteiger partial charge is 0.119 e. The Bertz CT molecular complexity index is 435. The molecule has 0 aromatic heterocycles. The molecule has 0 bridgehead atoms. The molecule has 19 heavy (non-hydrogen) atoms. The van der Waals surface area contributed by atoms with Gasteiger partial charge in [0.15, 0.2) is 0 Å². The van der Waals surface area contributed by atoms with E-state index in [1.54, 1.807) is 24.3 Å². The van der Waals surface area contributed by atoms with Crippen molar-refractivity contribution < 1.29 is 14.9 Å². The summed E-state index contributed by atoms with van der Waals surface area (Å²) in [6.07, 6.45) is 0.502. The fraction of sp³-hybridized carbons (Fsp3) is 0.533. The minimum Gasteiger partial charge on any atom is -0.491 e. The van der Waals surface area contributed by atoms with Gasteiger partial charge < -0.3 is 14.9 Å². The van der Waals surface area contributed by atoms with Gasteiger partial charge in [0, 0.05) is 0 Å². The second kappa shape index (κ2) is 7.13.